The summed E-state index contributed by atoms with van der Waals surface area (Å²) in [6.45, 7) is 4.73. The Kier molecular flexibility index (Phi) is 8.57. The summed E-state index contributed by atoms with van der Waals surface area (Å²) in [5, 5.41) is 12.4. The summed E-state index contributed by atoms with van der Waals surface area (Å²) >= 11 is 0. The maximum atomic E-state index is 11.8. The van der Waals surface area contributed by atoms with Crippen molar-refractivity contribution in [3.63, 3.8) is 0 Å². The second-order valence-electron chi connectivity index (χ2n) is 5.19. The van der Waals surface area contributed by atoms with E-state index < -0.39 is 12.1 Å². The van der Waals surface area contributed by atoms with Crippen molar-refractivity contribution >= 4 is 17.7 Å². The van der Waals surface area contributed by atoms with E-state index in [9.17, 15) is 14.7 Å². The van der Waals surface area contributed by atoms with Gasteiger partial charge in [-0.25, -0.2) is 9.59 Å². The zero-order valence-corrected chi connectivity index (χ0v) is 13.8. The fourth-order valence-electron chi connectivity index (χ4n) is 1.84. The van der Waals surface area contributed by atoms with Crippen molar-refractivity contribution in [1.82, 2.24) is 0 Å². The number of rotatable bonds is 9. The van der Waals surface area contributed by atoms with Crippen molar-refractivity contribution in [1.29, 1.82) is 0 Å². The van der Waals surface area contributed by atoms with Crippen LogP contribution in [-0.4, -0.2) is 30.4 Å². The van der Waals surface area contributed by atoms with Crippen molar-refractivity contribution in [2.24, 2.45) is 0 Å². The number of ether oxygens (including phenoxy) is 2. The van der Waals surface area contributed by atoms with Crippen LogP contribution in [0.25, 0.3) is 0 Å². The zero-order chi connectivity index (χ0) is 17.1. The summed E-state index contributed by atoms with van der Waals surface area (Å²) in [5.74, 6) is -0.820. The third-order valence-corrected chi connectivity index (χ3v) is 3.18. The predicted octanol–water partition coefficient (Wildman–Crippen LogP) is 4.09. The van der Waals surface area contributed by atoms with Crippen LogP contribution in [0.3, 0.4) is 0 Å². The first kappa shape index (κ1) is 18.8. The number of hydrogen-bond acceptors (Lipinski definition) is 5. The standard InChI is InChI=1S/C17H25NO5/c1-3-5-7-11-23-17(21)18-13-8-9-14(15(19)12-13)16(20)22-10-6-4-2/h8-9,12,19H,3-7,10-11H2,1-2H3,(H,18,21). The predicted molar refractivity (Wildman–Crippen MR) is 87.8 cm³/mol. The van der Waals surface area contributed by atoms with E-state index in [1.807, 2.05) is 6.92 Å². The van der Waals surface area contributed by atoms with Crippen LogP contribution in [0, 0.1) is 0 Å². The van der Waals surface area contributed by atoms with E-state index in [4.69, 9.17) is 9.47 Å². The molecule has 0 unspecified atom stereocenters. The van der Waals surface area contributed by atoms with Gasteiger partial charge < -0.3 is 14.6 Å². The third kappa shape index (κ3) is 7.04. The average molecular weight is 323 g/mol. The fourth-order valence-corrected chi connectivity index (χ4v) is 1.84. The number of benzene rings is 1. The first-order chi connectivity index (χ1) is 11.1. The number of hydrogen-bond donors (Lipinski definition) is 2. The minimum absolute atomic E-state index is 0.0722. The molecule has 0 saturated heterocycles. The molecule has 0 radical (unpaired) electrons. The molecule has 0 spiro atoms. The number of aromatic hydroxyl groups is 1. The summed E-state index contributed by atoms with van der Waals surface area (Å²) < 4.78 is 10.0. The molecular weight excluding hydrogens is 298 g/mol. The van der Waals surface area contributed by atoms with Gasteiger partial charge in [0.1, 0.15) is 11.3 Å². The Labute approximate surface area is 136 Å². The number of carbonyl (C=O) groups is 2. The van der Waals surface area contributed by atoms with E-state index in [0.717, 1.165) is 32.1 Å². The van der Waals surface area contributed by atoms with Crippen molar-refractivity contribution in [2.75, 3.05) is 18.5 Å². The largest absolute Gasteiger partial charge is 0.507 e. The molecule has 6 heteroatoms. The van der Waals surface area contributed by atoms with Gasteiger partial charge in [0.05, 0.1) is 13.2 Å². The summed E-state index contributed by atoms with van der Waals surface area (Å²) in [6, 6.07) is 4.23. The first-order valence-corrected chi connectivity index (χ1v) is 8.02. The maximum absolute atomic E-state index is 11.8. The van der Waals surface area contributed by atoms with Gasteiger partial charge in [-0.2, -0.15) is 0 Å². The van der Waals surface area contributed by atoms with E-state index in [2.05, 4.69) is 12.2 Å². The lowest BCUT2D eigenvalue weighted by Gasteiger charge is -2.09. The summed E-state index contributed by atoms with van der Waals surface area (Å²) in [5.41, 5.74) is 0.427. The molecule has 23 heavy (non-hydrogen) atoms. The van der Waals surface area contributed by atoms with E-state index >= 15 is 0 Å². The Hall–Kier alpha value is -2.24. The molecule has 0 fully saturated rings. The summed E-state index contributed by atoms with van der Waals surface area (Å²) in [6.07, 6.45) is 3.98. The van der Waals surface area contributed by atoms with Crippen molar-refractivity contribution < 1.29 is 24.2 Å². The molecule has 6 nitrogen and oxygen atoms in total. The van der Waals surface area contributed by atoms with Crippen LogP contribution >= 0.6 is 0 Å². The minimum Gasteiger partial charge on any atom is -0.507 e. The molecule has 0 bridgehead atoms. The Morgan fingerprint density at radius 2 is 1.74 bits per heavy atom. The van der Waals surface area contributed by atoms with E-state index in [1.165, 1.54) is 18.2 Å². The summed E-state index contributed by atoms with van der Waals surface area (Å²) in [7, 11) is 0. The Morgan fingerprint density at radius 1 is 1.04 bits per heavy atom. The highest BCUT2D eigenvalue weighted by molar-refractivity contribution is 5.94. The molecule has 0 saturated carbocycles. The number of carbonyl (C=O) groups excluding carboxylic acids is 2. The molecule has 0 aromatic heterocycles. The number of esters is 1. The molecule has 1 rings (SSSR count). The Bertz CT molecular complexity index is 516. The molecule has 1 aromatic rings. The van der Waals surface area contributed by atoms with Gasteiger partial charge in [-0.15, -0.1) is 0 Å². The van der Waals surface area contributed by atoms with Crippen LogP contribution in [0.5, 0.6) is 5.75 Å². The number of phenolic OH excluding ortho intramolecular Hbond substituents is 1. The monoisotopic (exact) mass is 323 g/mol. The highest BCUT2D eigenvalue weighted by atomic mass is 16.5. The molecular formula is C17H25NO5. The van der Waals surface area contributed by atoms with Gasteiger partial charge >= 0.3 is 12.1 Å². The molecule has 1 amide bonds. The zero-order valence-electron chi connectivity index (χ0n) is 13.8. The molecule has 128 valence electrons. The van der Waals surface area contributed by atoms with Crippen LogP contribution in [0.1, 0.15) is 56.3 Å². The van der Waals surface area contributed by atoms with E-state index in [1.54, 1.807) is 0 Å². The average Bonchev–Trinajstić information content (AvgIpc) is 2.52. The van der Waals surface area contributed by atoms with Gasteiger partial charge in [-0.1, -0.05) is 33.1 Å². The fraction of sp³-hybridized carbons (Fsp3) is 0.529. The molecule has 0 aliphatic rings. The second-order valence-corrected chi connectivity index (χ2v) is 5.19. The van der Waals surface area contributed by atoms with Crippen molar-refractivity contribution in [3.05, 3.63) is 23.8 Å². The molecule has 0 heterocycles. The number of nitrogens with one attached hydrogen (secondary N) is 1. The minimum atomic E-state index is -0.584. The Balaban J connectivity index is 2.51. The smallest absolute Gasteiger partial charge is 0.411 e. The number of unbranched alkanes of at least 4 members (excludes halogenated alkanes) is 3. The van der Waals surface area contributed by atoms with Gasteiger partial charge in [0, 0.05) is 11.8 Å². The lowest BCUT2D eigenvalue weighted by Crippen LogP contribution is -2.14. The number of phenols is 1. The molecule has 0 atom stereocenters. The second kappa shape index (κ2) is 10.5. The lowest BCUT2D eigenvalue weighted by molar-refractivity contribution is 0.0496. The number of anilines is 1. The lowest BCUT2D eigenvalue weighted by atomic mass is 10.2. The van der Waals surface area contributed by atoms with E-state index in [-0.39, 0.29) is 11.3 Å². The van der Waals surface area contributed by atoms with Crippen LogP contribution in [-0.2, 0) is 9.47 Å². The van der Waals surface area contributed by atoms with Crippen molar-refractivity contribution in [3.8, 4) is 5.75 Å². The summed E-state index contributed by atoms with van der Waals surface area (Å²) in [4.78, 5) is 23.4. The van der Waals surface area contributed by atoms with Gasteiger partial charge in [0.15, 0.2) is 0 Å². The molecule has 0 aliphatic carbocycles. The van der Waals surface area contributed by atoms with Crippen LogP contribution in [0.15, 0.2) is 18.2 Å². The highest BCUT2D eigenvalue weighted by Crippen LogP contribution is 2.23. The quantitative estimate of drug-likeness (QED) is 0.528. The normalized spacial score (nSPS) is 10.2. The molecule has 0 aliphatic heterocycles. The van der Waals surface area contributed by atoms with Gasteiger partial charge in [-0.3, -0.25) is 5.32 Å². The van der Waals surface area contributed by atoms with E-state index in [0.29, 0.717) is 18.9 Å². The first-order valence-electron chi connectivity index (χ1n) is 8.02. The Morgan fingerprint density at radius 3 is 2.39 bits per heavy atom. The highest BCUT2D eigenvalue weighted by Gasteiger charge is 2.14. The topological polar surface area (TPSA) is 84.9 Å². The molecule has 2 N–H and O–H groups in total. The van der Waals surface area contributed by atoms with Gasteiger partial charge in [0.25, 0.3) is 0 Å². The maximum Gasteiger partial charge on any atom is 0.411 e. The molecule has 1 aromatic carbocycles. The van der Waals surface area contributed by atoms with Crippen LogP contribution < -0.4 is 5.32 Å². The van der Waals surface area contributed by atoms with Crippen LogP contribution in [0.4, 0.5) is 10.5 Å². The van der Waals surface area contributed by atoms with Gasteiger partial charge in [0.2, 0.25) is 0 Å². The van der Waals surface area contributed by atoms with Crippen LogP contribution in [0.2, 0.25) is 0 Å². The number of amides is 1. The van der Waals surface area contributed by atoms with Crippen molar-refractivity contribution in [2.45, 2.75) is 46.0 Å². The van der Waals surface area contributed by atoms with Gasteiger partial charge in [-0.05, 0) is 25.0 Å². The SMILES string of the molecule is CCCCCOC(=O)Nc1ccc(C(=O)OCCCC)c(O)c1. The third-order valence-electron chi connectivity index (χ3n) is 3.18.